The number of methoxy groups -OCH3 is 2. The maximum absolute atomic E-state index is 13.9. The molecule has 1 aromatic heterocycles. The van der Waals surface area contributed by atoms with Gasteiger partial charge in [-0.15, -0.1) is 0 Å². The molecule has 7 nitrogen and oxygen atoms in total. The zero-order valence-corrected chi connectivity index (χ0v) is 23.9. The number of hydrogen-bond acceptors (Lipinski definition) is 7. The number of rotatable bonds is 7. The van der Waals surface area contributed by atoms with E-state index in [2.05, 4.69) is 20.9 Å². The Labute approximate surface area is 237 Å². The number of para-hydroxylation sites is 1. The van der Waals surface area contributed by atoms with Gasteiger partial charge in [0.25, 0.3) is 5.56 Å². The topological polar surface area (TPSA) is 79.1 Å². The third-order valence-corrected chi connectivity index (χ3v) is 7.87. The van der Waals surface area contributed by atoms with Crippen LogP contribution in [0.3, 0.4) is 0 Å². The molecule has 1 unspecified atom stereocenters. The second-order valence-electron chi connectivity index (χ2n) is 8.78. The van der Waals surface area contributed by atoms with Crippen LogP contribution >= 0.6 is 27.3 Å². The molecule has 5 rings (SSSR count). The third kappa shape index (κ3) is 5.32. The second-order valence-corrected chi connectivity index (χ2v) is 10.7. The van der Waals surface area contributed by atoms with Crippen LogP contribution < -0.4 is 24.4 Å². The fourth-order valence-corrected chi connectivity index (χ4v) is 5.79. The number of halogens is 1. The summed E-state index contributed by atoms with van der Waals surface area (Å²) in [5.41, 5.74) is 3.04. The summed E-state index contributed by atoms with van der Waals surface area (Å²) >= 11 is 4.71. The van der Waals surface area contributed by atoms with Gasteiger partial charge in [-0.1, -0.05) is 81.9 Å². The van der Waals surface area contributed by atoms with E-state index in [4.69, 9.17) is 14.2 Å². The van der Waals surface area contributed by atoms with Crippen molar-refractivity contribution in [2.45, 2.75) is 19.6 Å². The van der Waals surface area contributed by atoms with Crippen LogP contribution in [0.5, 0.6) is 11.5 Å². The van der Waals surface area contributed by atoms with E-state index in [-0.39, 0.29) is 5.56 Å². The van der Waals surface area contributed by atoms with E-state index in [1.165, 1.54) is 18.4 Å². The molecule has 0 bridgehead atoms. The summed E-state index contributed by atoms with van der Waals surface area (Å²) in [6.45, 7) is 2.10. The Morgan fingerprint density at radius 3 is 2.49 bits per heavy atom. The maximum atomic E-state index is 13.9. The van der Waals surface area contributed by atoms with Crippen LogP contribution in [-0.2, 0) is 16.1 Å². The molecule has 2 heterocycles. The lowest BCUT2D eigenvalue weighted by Gasteiger charge is -2.24. The van der Waals surface area contributed by atoms with Crippen molar-refractivity contribution in [1.29, 1.82) is 0 Å². The Bertz CT molecular complexity index is 1740. The number of fused-ring (bicyclic) bond motifs is 1. The van der Waals surface area contributed by atoms with Crippen LogP contribution in [0.2, 0.25) is 0 Å². The summed E-state index contributed by atoms with van der Waals surface area (Å²) in [4.78, 5) is 31.9. The molecule has 39 heavy (non-hydrogen) atoms. The SMILES string of the molecule is COC(=O)C1=C(C)N=c2s/c(=C\c3cccc(OC)c3OCc3ccccc3)c(=O)n2C1c1ccc(Br)cc1. The predicted molar refractivity (Wildman–Crippen MR) is 154 cm³/mol. The molecular formula is C30H25BrN2O5S. The van der Waals surface area contributed by atoms with Crippen molar-refractivity contribution in [1.82, 2.24) is 4.57 Å². The number of thiazole rings is 1. The highest BCUT2D eigenvalue weighted by Gasteiger charge is 2.33. The van der Waals surface area contributed by atoms with Crippen molar-refractivity contribution in [3.63, 3.8) is 0 Å². The van der Waals surface area contributed by atoms with Crippen LogP contribution in [0.4, 0.5) is 0 Å². The van der Waals surface area contributed by atoms with Gasteiger partial charge in [-0.25, -0.2) is 9.79 Å². The number of allylic oxidation sites excluding steroid dienone is 1. The molecule has 1 atom stereocenters. The van der Waals surface area contributed by atoms with Crippen molar-refractivity contribution in [3.05, 3.63) is 125 Å². The summed E-state index contributed by atoms with van der Waals surface area (Å²) in [6.07, 6.45) is 1.78. The largest absolute Gasteiger partial charge is 0.493 e. The molecule has 0 aliphatic carbocycles. The van der Waals surface area contributed by atoms with Crippen molar-refractivity contribution in [2.75, 3.05) is 14.2 Å². The van der Waals surface area contributed by atoms with Crippen molar-refractivity contribution in [3.8, 4) is 11.5 Å². The van der Waals surface area contributed by atoms with Gasteiger partial charge in [0.05, 0.1) is 36.1 Å². The molecule has 3 aromatic carbocycles. The van der Waals surface area contributed by atoms with Gasteiger partial charge in [0.2, 0.25) is 0 Å². The highest BCUT2D eigenvalue weighted by molar-refractivity contribution is 9.10. The molecule has 0 saturated carbocycles. The minimum absolute atomic E-state index is 0.266. The molecule has 0 saturated heterocycles. The van der Waals surface area contributed by atoms with Gasteiger partial charge >= 0.3 is 5.97 Å². The second kappa shape index (κ2) is 11.4. The minimum atomic E-state index is -0.678. The van der Waals surface area contributed by atoms with Crippen molar-refractivity contribution in [2.24, 2.45) is 4.99 Å². The lowest BCUT2D eigenvalue weighted by Crippen LogP contribution is -2.39. The Morgan fingerprint density at radius 1 is 1.05 bits per heavy atom. The van der Waals surface area contributed by atoms with Crippen LogP contribution in [0.15, 0.2) is 98.3 Å². The van der Waals surface area contributed by atoms with E-state index in [1.54, 1.807) is 24.7 Å². The first-order valence-electron chi connectivity index (χ1n) is 12.1. The number of carbonyl (C=O) groups is 1. The van der Waals surface area contributed by atoms with Crippen LogP contribution in [0.1, 0.15) is 29.7 Å². The van der Waals surface area contributed by atoms with E-state index in [9.17, 15) is 9.59 Å². The molecule has 1 aliphatic heterocycles. The first-order valence-corrected chi connectivity index (χ1v) is 13.7. The smallest absolute Gasteiger partial charge is 0.338 e. The first kappa shape index (κ1) is 26.6. The molecule has 0 radical (unpaired) electrons. The van der Waals surface area contributed by atoms with Gasteiger partial charge in [-0.2, -0.15) is 0 Å². The highest BCUT2D eigenvalue weighted by Crippen LogP contribution is 2.33. The van der Waals surface area contributed by atoms with E-state index in [1.807, 2.05) is 72.8 Å². The van der Waals surface area contributed by atoms with Gasteiger partial charge in [-0.3, -0.25) is 9.36 Å². The number of carbonyl (C=O) groups excluding carboxylic acids is 1. The monoisotopic (exact) mass is 604 g/mol. The van der Waals surface area contributed by atoms with Crippen LogP contribution in [0, 0.1) is 0 Å². The summed E-state index contributed by atoms with van der Waals surface area (Å²) in [5.74, 6) is 0.567. The van der Waals surface area contributed by atoms with Crippen molar-refractivity contribution >= 4 is 39.3 Å². The number of benzene rings is 3. The summed E-state index contributed by atoms with van der Waals surface area (Å²) < 4.78 is 19.7. The number of nitrogens with zero attached hydrogens (tertiary/aromatic N) is 2. The fourth-order valence-electron chi connectivity index (χ4n) is 4.49. The third-order valence-electron chi connectivity index (χ3n) is 6.35. The van der Waals surface area contributed by atoms with Gasteiger partial charge in [-0.05, 0) is 42.3 Å². The molecule has 0 N–H and O–H groups in total. The average Bonchev–Trinajstić information content (AvgIpc) is 3.26. The Kier molecular flexibility index (Phi) is 7.81. The molecule has 0 amide bonds. The maximum Gasteiger partial charge on any atom is 0.338 e. The zero-order valence-electron chi connectivity index (χ0n) is 21.5. The highest BCUT2D eigenvalue weighted by atomic mass is 79.9. The number of ether oxygens (including phenoxy) is 3. The Balaban J connectivity index is 1.65. The van der Waals surface area contributed by atoms with Crippen LogP contribution in [-0.4, -0.2) is 24.8 Å². The molecule has 4 aromatic rings. The van der Waals surface area contributed by atoms with E-state index in [0.29, 0.717) is 44.3 Å². The number of aromatic nitrogens is 1. The molecular weight excluding hydrogens is 580 g/mol. The number of hydrogen-bond donors (Lipinski definition) is 0. The van der Waals surface area contributed by atoms with Crippen LogP contribution in [0.25, 0.3) is 6.08 Å². The lowest BCUT2D eigenvalue weighted by atomic mass is 9.96. The summed E-state index contributed by atoms with van der Waals surface area (Å²) in [6, 6.07) is 22.2. The van der Waals surface area contributed by atoms with Gasteiger partial charge in [0, 0.05) is 10.0 Å². The predicted octanol–water partition coefficient (Wildman–Crippen LogP) is 4.76. The van der Waals surface area contributed by atoms with E-state index in [0.717, 1.165) is 15.6 Å². The standard InChI is InChI=1S/C30H25BrN2O5S/c1-18-25(29(35)37-3)26(20-12-14-22(31)15-13-20)33-28(34)24(39-30(33)32-18)16-21-10-7-11-23(36-2)27(21)38-17-19-8-5-4-6-9-19/h4-16,26H,17H2,1-3H3/b24-16-. The molecule has 0 fully saturated rings. The normalized spacial score (nSPS) is 15.0. The molecule has 9 heteroatoms. The van der Waals surface area contributed by atoms with Gasteiger partial charge in [0.1, 0.15) is 6.61 Å². The zero-order chi connectivity index (χ0) is 27.5. The van der Waals surface area contributed by atoms with Crippen molar-refractivity contribution < 1.29 is 19.0 Å². The molecule has 0 spiro atoms. The molecule has 1 aliphatic rings. The first-order chi connectivity index (χ1) is 18.9. The Morgan fingerprint density at radius 2 is 1.79 bits per heavy atom. The minimum Gasteiger partial charge on any atom is -0.493 e. The fraction of sp³-hybridized carbons (Fsp3) is 0.167. The van der Waals surface area contributed by atoms with E-state index < -0.39 is 12.0 Å². The van der Waals surface area contributed by atoms with Gasteiger partial charge < -0.3 is 14.2 Å². The molecule has 198 valence electrons. The summed E-state index contributed by atoms with van der Waals surface area (Å²) in [5, 5.41) is 0. The average molecular weight is 606 g/mol. The quantitative estimate of drug-likeness (QED) is 0.284. The summed E-state index contributed by atoms with van der Waals surface area (Å²) in [7, 11) is 2.91. The van der Waals surface area contributed by atoms with E-state index >= 15 is 0 Å². The van der Waals surface area contributed by atoms with Gasteiger partial charge in [0.15, 0.2) is 16.3 Å². The Hall–Kier alpha value is -3.95. The lowest BCUT2D eigenvalue weighted by molar-refractivity contribution is -0.136. The number of esters is 1.